The van der Waals surface area contributed by atoms with Crippen LogP contribution in [0.25, 0.3) is 0 Å². The molecule has 2 rings (SSSR count). The molecule has 0 saturated heterocycles. The highest BCUT2D eigenvalue weighted by Crippen LogP contribution is 2.29. The summed E-state index contributed by atoms with van der Waals surface area (Å²) < 4.78 is 21.9. The van der Waals surface area contributed by atoms with Crippen LogP contribution in [0.1, 0.15) is 19.3 Å². The Hall–Kier alpha value is -0.660. The predicted octanol–water partition coefficient (Wildman–Crippen LogP) is 1.01. The van der Waals surface area contributed by atoms with Crippen molar-refractivity contribution in [1.29, 1.82) is 0 Å². The molecule has 0 aromatic carbocycles. The maximum atomic E-state index is 11.0. The van der Waals surface area contributed by atoms with Crippen LogP contribution in [-0.4, -0.2) is 25.2 Å². The predicted molar refractivity (Wildman–Crippen MR) is 64.8 cm³/mol. The second kappa shape index (κ2) is 4.68. The SMILES string of the molecule is NS(=O)(=O)C[C@@H]1CC[C@H](Nc2nccs2)C1. The van der Waals surface area contributed by atoms with Crippen molar-refractivity contribution in [3.8, 4) is 0 Å². The van der Waals surface area contributed by atoms with E-state index in [4.69, 9.17) is 5.14 Å². The topological polar surface area (TPSA) is 85.1 Å². The molecule has 1 aromatic rings. The van der Waals surface area contributed by atoms with Crippen LogP contribution < -0.4 is 10.5 Å². The van der Waals surface area contributed by atoms with E-state index in [-0.39, 0.29) is 11.7 Å². The normalized spacial score (nSPS) is 25.8. The highest BCUT2D eigenvalue weighted by atomic mass is 32.2. The van der Waals surface area contributed by atoms with Crippen molar-refractivity contribution in [3.63, 3.8) is 0 Å². The van der Waals surface area contributed by atoms with E-state index in [1.54, 1.807) is 17.5 Å². The number of sulfonamides is 1. The Bertz CT molecular complexity index is 430. The Morgan fingerprint density at radius 1 is 1.56 bits per heavy atom. The standard InChI is InChI=1S/C9H15N3O2S2/c10-16(13,14)6-7-1-2-8(5-7)12-9-11-3-4-15-9/h3-4,7-8H,1-2,5-6H2,(H,11,12)(H2,10,13,14)/t7-,8+/m1/s1. The fourth-order valence-electron chi connectivity index (χ4n) is 2.16. The van der Waals surface area contributed by atoms with Crippen LogP contribution in [0.15, 0.2) is 11.6 Å². The molecule has 1 aliphatic carbocycles. The molecule has 0 bridgehead atoms. The van der Waals surface area contributed by atoms with Gasteiger partial charge in [0, 0.05) is 17.6 Å². The zero-order valence-electron chi connectivity index (χ0n) is 8.80. The van der Waals surface area contributed by atoms with Gasteiger partial charge in [0.05, 0.1) is 5.75 Å². The van der Waals surface area contributed by atoms with Crippen LogP contribution in [0.4, 0.5) is 5.13 Å². The summed E-state index contributed by atoms with van der Waals surface area (Å²) in [5, 5.41) is 11.2. The smallest absolute Gasteiger partial charge is 0.209 e. The quantitative estimate of drug-likeness (QED) is 0.847. The molecule has 1 heterocycles. The van der Waals surface area contributed by atoms with Gasteiger partial charge in [-0.25, -0.2) is 18.5 Å². The number of aromatic nitrogens is 1. The summed E-state index contributed by atoms with van der Waals surface area (Å²) in [5.41, 5.74) is 0. The van der Waals surface area contributed by atoms with Crippen LogP contribution in [0.5, 0.6) is 0 Å². The van der Waals surface area contributed by atoms with Gasteiger partial charge in [0.15, 0.2) is 5.13 Å². The van der Waals surface area contributed by atoms with Crippen molar-refractivity contribution < 1.29 is 8.42 Å². The van der Waals surface area contributed by atoms with E-state index in [1.807, 2.05) is 5.38 Å². The lowest BCUT2D eigenvalue weighted by atomic mass is 10.1. The zero-order valence-corrected chi connectivity index (χ0v) is 10.4. The van der Waals surface area contributed by atoms with Gasteiger partial charge in [-0.3, -0.25) is 0 Å². The maximum Gasteiger partial charge on any atom is 0.209 e. The molecule has 7 heteroatoms. The second-order valence-electron chi connectivity index (χ2n) is 4.19. The third-order valence-electron chi connectivity index (χ3n) is 2.77. The third-order valence-corrected chi connectivity index (χ3v) is 4.41. The lowest BCUT2D eigenvalue weighted by Gasteiger charge is -2.11. The third kappa shape index (κ3) is 3.43. The van der Waals surface area contributed by atoms with E-state index in [1.165, 1.54) is 0 Å². The van der Waals surface area contributed by atoms with E-state index in [2.05, 4.69) is 10.3 Å². The number of nitrogens with zero attached hydrogens (tertiary/aromatic N) is 1. The first kappa shape index (κ1) is 11.8. The van der Waals surface area contributed by atoms with Gasteiger partial charge < -0.3 is 5.32 Å². The summed E-state index contributed by atoms with van der Waals surface area (Å²) >= 11 is 1.56. The van der Waals surface area contributed by atoms with E-state index < -0.39 is 10.0 Å². The number of rotatable bonds is 4. The monoisotopic (exact) mass is 261 g/mol. The Labute approximate surface area is 99.1 Å². The minimum Gasteiger partial charge on any atom is -0.359 e. The fourth-order valence-corrected chi connectivity index (χ4v) is 3.72. The van der Waals surface area contributed by atoms with Gasteiger partial charge in [-0.15, -0.1) is 11.3 Å². The zero-order chi connectivity index (χ0) is 11.6. The average molecular weight is 261 g/mol. The molecule has 0 radical (unpaired) electrons. The summed E-state index contributed by atoms with van der Waals surface area (Å²) in [4.78, 5) is 4.14. The van der Waals surface area contributed by atoms with Crippen LogP contribution in [0.3, 0.4) is 0 Å². The molecule has 5 nitrogen and oxygen atoms in total. The molecule has 90 valence electrons. The van der Waals surface area contributed by atoms with E-state index in [0.717, 1.165) is 24.4 Å². The Kier molecular flexibility index (Phi) is 3.46. The summed E-state index contributed by atoms with van der Waals surface area (Å²) in [6.07, 6.45) is 4.51. The van der Waals surface area contributed by atoms with Crippen LogP contribution >= 0.6 is 11.3 Å². The van der Waals surface area contributed by atoms with Gasteiger partial charge in [-0.1, -0.05) is 0 Å². The maximum absolute atomic E-state index is 11.0. The van der Waals surface area contributed by atoms with E-state index in [0.29, 0.717) is 6.04 Å². The molecule has 3 N–H and O–H groups in total. The first-order chi connectivity index (χ1) is 7.53. The van der Waals surface area contributed by atoms with Gasteiger partial charge in [-0.2, -0.15) is 0 Å². The molecule has 1 aromatic heterocycles. The van der Waals surface area contributed by atoms with Crippen molar-refractivity contribution >= 4 is 26.5 Å². The van der Waals surface area contributed by atoms with E-state index >= 15 is 0 Å². The Morgan fingerprint density at radius 2 is 2.38 bits per heavy atom. The molecule has 1 fully saturated rings. The first-order valence-electron chi connectivity index (χ1n) is 5.19. The van der Waals surface area contributed by atoms with Gasteiger partial charge >= 0.3 is 0 Å². The number of anilines is 1. The van der Waals surface area contributed by atoms with Gasteiger partial charge in [0.1, 0.15) is 0 Å². The second-order valence-corrected chi connectivity index (χ2v) is 6.74. The molecular formula is C9H15N3O2S2. The molecule has 16 heavy (non-hydrogen) atoms. The van der Waals surface area contributed by atoms with Crippen molar-refractivity contribution in [3.05, 3.63) is 11.6 Å². The van der Waals surface area contributed by atoms with Gasteiger partial charge in [-0.05, 0) is 25.2 Å². The number of primary sulfonamides is 1. The van der Waals surface area contributed by atoms with Crippen molar-refractivity contribution in [2.75, 3.05) is 11.1 Å². The Morgan fingerprint density at radius 3 is 3.00 bits per heavy atom. The average Bonchev–Trinajstić information content (AvgIpc) is 2.75. The summed E-state index contributed by atoms with van der Waals surface area (Å²) in [7, 11) is -3.33. The van der Waals surface area contributed by atoms with Crippen LogP contribution in [0, 0.1) is 5.92 Å². The number of nitrogens with two attached hydrogens (primary N) is 1. The molecule has 0 spiro atoms. The summed E-state index contributed by atoms with van der Waals surface area (Å²) in [6.45, 7) is 0. The van der Waals surface area contributed by atoms with Gasteiger partial charge in [0.25, 0.3) is 0 Å². The highest BCUT2D eigenvalue weighted by molar-refractivity contribution is 7.89. The minimum atomic E-state index is -3.33. The van der Waals surface area contributed by atoms with Crippen LogP contribution in [-0.2, 0) is 10.0 Å². The Balaban J connectivity index is 1.84. The molecule has 2 atom stereocenters. The molecule has 0 aliphatic heterocycles. The molecule has 0 unspecified atom stereocenters. The van der Waals surface area contributed by atoms with Gasteiger partial charge in [0.2, 0.25) is 10.0 Å². The molecule has 1 aliphatic rings. The highest BCUT2D eigenvalue weighted by Gasteiger charge is 2.27. The molecule has 1 saturated carbocycles. The molecule has 0 amide bonds. The number of hydrogen-bond donors (Lipinski definition) is 2. The van der Waals surface area contributed by atoms with Crippen LogP contribution in [0.2, 0.25) is 0 Å². The minimum absolute atomic E-state index is 0.100. The first-order valence-corrected chi connectivity index (χ1v) is 7.79. The van der Waals surface area contributed by atoms with E-state index in [9.17, 15) is 8.42 Å². The summed E-state index contributed by atoms with van der Waals surface area (Å²) in [6, 6.07) is 0.331. The summed E-state index contributed by atoms with van der Waals surface area (Å²) in [5.74, 6) is 0.288. The number of nitrogens with one attached hydrogen (secondary N) is 1. The largest absolute Gasteiger partial charge is 0.359 e. The van der Waals surface area contributed by atoms with Crippen molar-refractivity contribution in [2.24, 2.45) is 11.1 Å². The lowest BCUT2D eigenvalue weighted by molar-refractivity contribution is 0.557. The van der Waals surface area contributed by atoms with Crippen molar-refractivity contribution in [2.45, 2.75) is 25.3 Å². The van der Waals surface area contributed by atoms with Crippen molar-refractivity contribution in [1.82, 2.24) is 4.98 Å². The molecular weight excluding hydrogens is 246 g/mol. The number of hydrogen-bond acceptors (Lipinski definition) is 5. The number of thiazole rings is 1. The fraction of sp³-hybridized carbons (Fsp3) is 0.667. The lowest BCUT2D eigenvalue weighted by Crippen LogP contribution is -2.23.